The Morgan fingerprint density at radius 1 is 1.22 bits per heavy atom. The van der Waals surface area contributed by atoms with E-state index in [9.17, 15) is 4.79 Å². The highest BCUT2D eigenvalue weighted by Gasteiger charge is 2.25. The lowest BCUT2D eigenvalue weighted by atomic mass is 9.79. The van der Waals surface area contributed by atoms with Crippen LogP contribution in [0.25, 0.3) is 11.3 Å². The second-order valence-electron chi connectivity index (χ2n) is 7.49. The van der Waals surface area contributed by atoms with Crippen LogP contribution in [0.1, 0.15) is 57.6 Å². The van der Waals surface area contributed by atoms with Crippen LogP contribution < -0.4 is 10.1 Å². The van der Waals surface area contributed by atoms with Gasteiger partial charge in [0.1, 0.15) is 11.4 Å². The van der Waals surface area contributed by atoms with Gasteiger partial charge in [0.05, 0.1) is 13.7 Å². The largest absolute Gasteiger partial charge is 0.497 e. The van der Waals surface area contributed by atoms with Crippen molar-refractivity contribution in [2.24, 2.45) is 11.8 Å². The Morgan fingerprint density at radius 2 is 1.96 bits per heavy atom. The number of hydrogen-bond donors (Lipinski definition) is 1. The molecule has 0 aliphatic heterocycles. The quantitative estimate of drug-likeness (QED) is 0.713. The van der Waals surface area contributed by atoms with Crippen molar-refractivity contribution in [2.75, 3.05) is 7.11 Å². The number of ether oxygens (including phenoxy) is 1. The van der Waals surface area contributed by atoms with Gasteiger partial charge in [0, 0.05) is 17.5 Å². The molecule has 0 radical (unpaired) electrons. The average Bonchev–Trinajstić information content (AvgIpc) is 3.20. The number of nitrogens with zero attached hydrogens (tertiary/aromatic N) is 1. The fraction of sp³-hybridized carbons (Fsp3) is 0.545. The van der Waals surface area contributed by atoms with Gasteiger partial charge < -0.3 is 14.6 Å². The number of carbonyl (C=O) groups is 1. The van der Waals surface area contributed by atoms with Gasteiger partial charge in [-0.05, 0) is 55.9 Å². The fourth-order valence-electron chi connectivity index (χ4n) is 3.81. The van der Waals surface area contributed by atoms with Crippen LogP contribution in [0.5, 0.6) is 5.75 Å². The Balaban J connectivity index is 1.46. The van der Waals surface area contributed by atoms with E-state index >= 15 is 0 Å². The number of carbonyl (C=O) groups excluding carboxylic acids is 1. The standard InChI is InChI=1S/C22H30N2O3/c1-3-4-5-16-6-8-18(9-7-16)22(25)23-15-19-14-21(27-24-19)17-10-12-20(26-2)13-11-17/h10-14,16,18H,3-9,15H2,1-2H3,(H,23,25). The number of hydrogen-bond acceptors (Lipinski definition) is 4. The summed E-state index contributed by atoms with van der Waals surface area (Å²) >= 11 is 0. The first-order chi connectivity index (χ1) is 13.2. The minimum atomic E-state index is 0.149. The molecule has 1 aliphatic carbocycles. The zero-order valence-electron chi connectivity index (χ0n) is 16.4. The summed E-state index contributed by atoms with van der Waals surface area (Å²) in [6, 6.07) is 9.51. The minimum absolute atomic E-state index is 0.149. The number of benzene rings is 1. The van der Waals surface area contributed by atoms with Gasteiger partial charge in [-0.25, -0.2) is 0 Å². The van der Waals surface area contributed by atoms with E-state index in [2.05, 4.69) is 17.4 Å². The van der Waals surface area contributed by atoms with E-state index in [1.807, 2.05) is 30.3 Å². The van der Waals surface area contributed by atoms with Crippen molar-refractivity contribution >= 4 is 5.91 Å². The molecule has 0 unspecified atom stereocenters. The Hall–Kier alpha value is -2.30. The predicted octanol–water partition coefficient (Wildman–Crippen LogP) is 4.96. The molecule has 3 rings (SSSR count). The highest BCUT2D eigenvalue weighted by atomic mass is 16.5. The Labute approximate surface area is 161 Å². The molecule has 0 bridgehead atoms. The van der Waals surface area contributed by atoms with Crippen LogP contribution in [0.15, 0.2) is 34.9 Å². The number of aromatic nitrogens is 1. The van der Waals surface area contributed by atoms with Crippen LogP contribution >= 0.6 is 0 Å². The van der Waals surface area contributed by atoms with Crippen LogP contribution in [-0.4, -0.2) is 18.2 Å². The molecule has 1 saturated carbocycles. The van der Waals surface area contributed by atoms with Gasteiger partial charge in [0.25, 0.3) is 0 Å². The number of rotatable bonds is 8. The zero-order valence-corrected chi connectivity index (χ0v) is 16.4. The van der Waals surface area contributed by atoms with Crippen molar-refractivity contribution in [3.63, 3.8) is 0 Å². The fourth-order valence-corrected chi connectivity index (χ4v) is 3.81. The van der Waals surface area contributed by atoms with Gasteiger partial charge in [-0.2, -0.15) is 0 Å². The summed E-state index contributed by atoms with van der Waals surface area (Å²) in [4.78, 5) is 12.5. The maximum Gasteiger partial charge on any atom is 0.223 e. The summed E-state index contributed by atoms with van der Waals surface area (Å²) in [6.07, 6.45) is 8.28. The maximum atomic E-state index is 12.5. The Kier molecular flexibility index (Phi) is 6.91. The molecule has 146 valence electrons. The minimum Gasteiger partial charge on any atom is -0.497 e. The van der Waals surface area contributed by atoms with E-state index in [-0.39, 0.29) is 11.8 Å². The molecule has 27 heavy (non-hydrogen) atoms. The molecule has 1 aromatic heterocycles. The lowest BCUT2D eigenvalue weighted by Crippen LogP contribution is -2.32. The number of amides is 1. The summed E-state index contributed by atoms with van der Waals surface area (Å²) in [7, 11) is 1.64. The number of unbranched alkanes of at least 4 members (excludes halogenated alkanes) is 1. The van der Waals surface area contributed by atoms with Gasteiger partial charge in [0.2, 0.25) is 5.91 Å². The Morgan fingerprint density at radius 3 is 2.63 bits per heavy atom. The van der Waals surface area contributed by atoms with Crippen molar-refractivity contribution in [1.82, 2.24) is 10.5 Å². The van der Waals surface area contributed by atoms with Gasteiger partial charge in [-0.3, -0.25) is 4.79 Å². The maximum absolute atomic E-state index is 12.5. The number of nitrogens with one attached hydrogen (secondary N) is 1. The molecule has 1 amide bonds. The van der Waals surface area contributed by atoms with Crippen LogP contribution in [0.2, 0.25) is 0 Å². The van der Waals surface area contributed by atoms with E-state index < -0.39 is 0 Å². The Bertz CT molecular complexity index is 715. The molecule has 0 spiro atoms. The molecule has 1 fully saturated rings. The summed E-state index contributed by atoms with van der Waals surface area (Å²) < 4.78 is 10.6. The highest BCUT2D eigenvalue weighted by Crippen LogP contribution is 2.32. The molecule has 1 heterocycles. The molecule has 5 heteroatoms. The lowest BCUT2D eigenvalue weighted by Gasteiger charge is -2.27. The van der Waals surface area contributed by atoms with Crippen LogP contribution in [-0.2, 0) is 11.3 Å². The van der Waals surface area contributed by atoms with E-state index in [1.165, 1.54) is 32.1 Å². The van der Waals surface area contributed by atoms with Crippen molar-refractivity contribution < 1.29 is 14.1 Å². The molecule has 1 aliphatic rings. The molecule has 0 atom stereocenters. The first-order valence-corrected chi connectivity index (χ1v) is 10.1. The van der Waals surface area contributed by atoms with Crippen molar-refractivity contribution in [3.05, 3.63) is 36.0 Å². The molecule has 1 aromatic carbocycles. The monoisotopic (exact) mass is 370 g/mol. The van der Waals surface area contributed by atoms with Crippen LogP contribution in [0, 0.1) is 11.8 Å². The van der Waals surface area contributed by atoms with E-state index in [0.29, 0.717) is 12.3 Å². The van der Waals surface area contributed by atoms with Gasteiger partial charge in [0.15, 0.2) is 5.76 Å². The molecule has 0 saturated heterocycles. The highest BCUT2D eigenvalue weighted by molar-refractivity contribution is 5.78. The topological polar surface area (TPSA) is 64.4 Å². The summed E-state index contributed by atoms with van der Waals surface area (Å²) in [6.45, 7) is 2.65. The molecular formula is C22H30N2O3. The third-order valence-corrected chi connectivity index (χ3v) is 5.56. The van der Waals surface area contributed by atoms with E-state index in [1.54, 1.807) is 7.11 Å². The second-order valence-corrected chi connectivity index (χ2v) is 7.49. The third-order valence-electron chi connectivity index (χ3n) is 5.56. The summed E-state index contributed by atoms with van der Waals surface area (Å²) in [5.41, 5.74) is 1.68. The van der Waals surface area contributed by atoms with Crippen LogP contribution in [0.3, 0.4) is 0 Å². The summed E-state index contributed by atoms with van der Waals surface area (Å²) in [5.74, 6) is 2.61. The van der Waals surface area contributed by atoms with Gasteiger partial charge >= 0.3 is 0 Å². The SMILES string of the molecule is CCCCC1CCC(C(=O)NCc2cc(-c3ccc(OC)cc3)on2)CC1. The smallest absolute Gasteiger partial charge is 0.223 e. The van der Waals surface area contributed by atoms with Crippen molar-refractivity contribution in [1.29, 1.82) is 0 Å². The van der Waals surface area contributed by atoms with Gasteiger partial charge in [-0.15, -0.1) is 0 Å². The number of methoxy groups -OCH3 is 1. The van der Waals surface area contributed by atoms with Crippen molar-refractivity contribution in [3.8, 4) is 17.1 Å². The zero-order chi connectivity index (χ0) is 19.1. The average molecular weight is 370 g/mol. The van der Waals surface area contributed by atoms with Crippen molar-refractivity contribution in [2.45, 2.75) is 58.4 Å². The van der Waals surface area contributed by atoms with E-state index in [0.717, 1.165) is 35.8 Å². The third kappa shape index (κ3) is 5.34. The lowest BCUT2D eigenvalue weighted by molar-refractivity contribution is -0.126. The molecular weight excluding hydrogens is 340 g/mol. The molecule has 1 N–H and O–H groups in total. The first kappa shape index (κ1) is 19.5. The van der Waals surface area contributed by atoms with Crippen LogP contribution in [0.4, 0.5) is 0 Å². The predicted molar refractivity (Wildman–Crippen MR) is 105 cm³/mol. The second kappa shape index (κ2) is 9.58. The van der Waals surface area contributed by atoms with E-state index in [4.69, 9.17) is 9.26 Å². The normalized spacial score (nSPS) is 19.6. The molecule has 2 aromatic rings. The molecule has 5 nitrogen and oxygen atoms in total. The first-order valence-electron chi connectivity index (χ1n) is 10.1. The summed E-state index contributed by atoms with van der Waals surface area (Å²) in [5, 5.41) is 7.11. The van der Waals surface area contributed by atoms with Gasteiger partial charge in [-0.1, -0.05) is 31.3 Å².